The lowest BCUT2D eigenvalue weighted by Crippen LogP contribution is -2.30. The second-order valence-electron chi connectivity index (χ2n) is 4.73. The zero-order valence-corrected chi connectivity index (χ0v) is 13.5. The molecule has 0 bridgehead atoms. The van der Waals surface area contributed by atoms with Crippen LogP contribution in [0, 0.1) is 5.82 Å². The second kappa shape index (κ2) is 8.70. The molecule has 2 aromatic rings. The van der Waals surface area contributed by atoms with Crippen LogP contribution in [0.3, 0.4) is 0 Å². The van der Waals surface area contributed by atoms with Crippen molar-refractivity contribution in [3.63, 3.8) is 0 Å². The van der Waals surface area contributed by atoms with Crippen LogP contribution in [0.2, 0.25) is 0 Å². The second-order valence-corrected chi connectivity index (χ2v) is 5.78. The lowest BCUT2D eigenvalue weighted by Gasteiger charge is -2.08. The van der Waals surface area contributed by atoms with Gasteiger partial charge in [-0.2, -0.15) is 13.2 Å². The average molecular weight is 379 g/mol. The lowest BCUT2D eigenvalue weighted by molar-refractivity contribution is -0.160. The quantitative estimate of drug-likeness (QED) is 0.452. The van der Waals surface area contributed by atoms with Gasteiger partial charge in [0.15, 0.2) is 6.61 Å². The third-order valence-corrected chi connectivity index (χ3v) is 3.48. The summed E-state index contributed by atoms with van der Waals surface area (Å²) in [6, 6.07) is 5.97. The molecule has 0 saturated heterocycles. The molecule has 1 N–H and O–H groups in total. The van der Waals surface area contributed by atoms with E-state index in [2.05, 4.69) is 20.3 Å². The molecule has 0 saturated carbocycles. The zero-order valence-electron chi connectivity index (χ0n) is 12.7. The van der Waals surface area contributed by atoms with Gasteiger partial charge in [0.05, 0.1) is 6.42 Å². The van der Waals surface area contributed by atoms with Gasteiger partial charge in [0.1, 0.15) is 5.82 Å². The number of nitrogens with zero attached hydrogens (tertiary/aromatic N) is 2. The largest absolute Gasteiger partial charge is 0.440 e. The number of ether oxygens (including phenoxy) is 1. The Morgan fingerprint density at radius 2 is 2.12 bits per heavy atom. The molecule has 136 valence electrons. The molecule has 11 heteroatoms. The molecule has 0 aliphatic carbocycles. The van der Waals surface area contributed by atoms with Gasteiger partial charge in [0, 0.05) is 12.3 Å². The summed E-state index contributed by atoms with van der Waals surface area (Å²) in [5.41, 5.74) is 0.675. The fourth-order valence-corrected chi connectivity index (χ4v) is 2.31. The van der Waals surface area contributed by atoms with Gasteiger partial charge in [-0.3, -0.25) is 0 Å². The van der Waals surface area contributed by atoms with Gasteiger partial charge in [-0.1, -0.05) is 23.9 Å². The van der Waals surface area contributed by atoms with Gasteiger partial charge < -0.3 is 14.5 Å². The molecule has 6 nitrogen and oxygen atoms in total. The first kappa shape index (κ1) is 19.0. The van der Waals surface area contributed by atoms with Crippen molar-refractivity contribution in [3.8, 4) is 0 Å². The summed E-state index contributed by atoms with van der Waals surface area (Å²) >= 11 is 1.11. The Kier molecular flexibility index (Phi) is 6.62. The highest BCUT2D eigenvalue weighted by atomic mass is 32.2. The van der Waals surface area contributed by atoms with Gasteiger partial charge in [-0.15, -0.1) is 10.2 Å². The lowest BCUT2D eigenvalue weighted by atomic mass is 10.1. The molecule has 2 rings (SSSR count). The number of alkyl halides is 3. The highest BCUT2D eigenvalue weighted by molar-refractivity contribution is 7.99. The Labute approximate surface area is 143 Å². The number of halogens is 4. The van der Waals surface area contributed by atoms with Crippen LogP contribution < -0.4 is 5.32 Å². The van der Waals surface area contributed by atoms with Crippen LogP contribution in [0.4, 0.5) is 22.4 Å². The topological polar surface area (TPSA) is 77.3 Å². The molecule has 0 atom stereocenters. The third-order valence-electron chi connectivity index (χ3n) is 2.66. The van der Waals surface area contributed by atoms with Gasteiger partial charge >= 0.3 is 12.3 Å². The van der Waals surface area contributed by atoms with Crippen molar-refractivity contribution in [2.75, 3.05) is 18.9 Å². The van der Waals surface area contributed by atoms with Crippen molar-refractivity contribution in [3.05, 3.63) is 41.5 Å². The minimum Gasteiger partial charge on any atom is -0.440 e. The van der Waals surface area contributed by atoms with E-state index < -0.39 is 18.9 Å². The summed E-state index contributed by atoms with van der Waals surface area (Å²) < 4.78 is 58.0. The van der Waals surface area contributed by atoms with Crippen LogP contribution in [-0.4, -0.2) is 41.4 Å². The number of rotatable bonds is 7. The van der Waals surface area contributed by atoms with Crippen LogP contribution in [0.25, 0.3) is 0 Å². The number of nitrogens with one attached hydrogen (secondary N) is 1. The minimum absolute atomic E-state index is 0.0585. The number of thioether (sulfide) groups is 1. The molecule has 0 unspecified atom stereocenters. The number of carbonyl (C=O) groups is 1. The van der Waals surface area contributed by atoms with Crippen LogP contribution in [0.5, 0.6) is 0 Å². The summed E-state index contributed by atoms with van der Waals surface area (Å²) in [7, 11) is 0. The SMILES string of the molecule is O=C(NCCSc1nnc(Cc2cccc(F)c2)o1)OCC(F)(F)F. The highest BCUT2D eigenvalue weighted by Gasteiger charge is 2.29. The number of carbonyl (C=O) groups excluding carboxylic acids is 1. The van der Waals surface area contributed by atoms with E-state index >= 15 is 0 Å². The number of benzene rings is 1. The fourth-order valence-electron chi connectivity index (χ4n) is 1.68. The molecule has 25 heavy (non-hydrogen) atoms. The summed E-state index contributed by atoms with van der Waals surface area (Å²) in [6.07, 6.45) is -5.45. The summed E-state index contributed by atoms with van der Waals surface area (Å²) in [6.45, 7) is -1.58. The Balaban J connectivity index is 1.68. The highest BCUT2D eigenvalue weighted by Crippen LogP contribution is 2.18. The normalized spacial score (nSPS) is 11.4. The summed E-state index contributed by atoms with van der Waals surface area (Å²) in [5, 5.41) is 9.99. The van der Waals surface area contributed by atoms with Crippen molar-refractivity contribution in [2.24, 2.45) is 0 Å². The van der Waals surface area contributed by atoms with Crippen LogP contribution >= 0.6 is 11.8 Å². The van der Waals surface area contributed by atoms with Gasteiger partial charge in [-0.05, 0) is 17.7 Å². The van der Waals surface area contributed by atoms with E-state index in [1.807, 2.05) is 0 Å². The van der Waals surface area contributed by atoms with Crippen molar-refractivity contribution in [2.45, 2.75) is 17.8 Å². The van der Waals surface area contributed by atoms with E-state index in [-0.39, 0.29) is 24.0 Å². The molecule has 1 aromatic heterocycles. The van der Waals surface area contributed by atoms with E-state index in [0.717, 1.165) is 11.8 Å². The molecule has 1 aromatic carbocycles. The molecule has 0 radical (unpaired) electrons. The van der Waals surface area contributed by atoms with E-state index in [0.29, 0.717) is 17.2 Å². The standard InChI is InChI=1S/C14H13F4N3O3S/c15-10-3-1-2-9(6-10)7-11-20-21-13(24-11)25-5-4-19-12(22)23-8-14(16,17)18/h1-3,6H,4-5,7-8H2,(H,19,22). The first-order chi connectivity index (χ1) is 11.8. The summed E-state index contributed by atoms with van der Waals surface area (Å²) in [4.78, 5) is 11.0. The molecule has 0 fully saturated rings. The molecular weight excluding hydrogens is 366 g/mol. The van der Waals surface area contributed by atoms with Crippen molar-refractivity contribution in [1.82, 2.24) is 15.5 Å². The van der Waals surface area contributed by atoms with Gasteiger partial charge in [0.2, 0.25) is 5.89 Å². The van der Waals surface area contributed by atoms with E-state index in [9.17, 15) is 22.4 Å². The smallest absolute Gasteiger partial charge is 0.422 e. The molecule has 1 heterocycles. The first-order valence-corrected chi connectivity index (χ1v) is 7.97. The van der Waals surface area contributed by atoms with Crippen LogP contribution in [0.1, 0.15) is 11.5 Å². The molecule has 1 amide bonds. The Morgan fingerprint density at radius 3 is 2.84 bits per heavy atom. The predicted octanol–water partition coefficient (Wildman–Crippen LogP) is 3.18. The summed E-state index contributed by atoms with van der Waals surface area (Å²) in [5.74, 6) is 0.226. The zero-order chi connectivity index (χ0) is 18.3. The minimum atomic E-state index is -4.56. The van der Waals surface area contributed by atoms with Gasteiger partial charge in [-0.25, -0.2) is 9.18 Å². The molecule has 0 aliphatic rings. The number of hydrogen-bond acceptors (Lipinski definition) is 6. The molecule has 0 aliphatic heterocycles. The Hall–Kier alpha value is -2.30. The molecular formula is C14H13F4N3O3S. The van der Waals surface area contributed by atoms with Crippen molar-refractivity contribution in [1.29, 1.82) is 0 Å². The monoisotopic (exact) mass is 379 g/mol. The average Bonchev–Trinajstić information content (AvgIpc) is 2.96. The van der Waals surface area contributed by atoms with E-state index in [4.69, 9.17) is 4.42 Å². The van der Waals surface area contributed by atoms with E-state index in [1.54, 1.807) is 12.1 Å². The van der Waals surface area contributed by atoms with E-state index in [1.165, 1.54) is 12.1 Å². The number of amides is 1. The van der Waals surface area contributed by atoms with Crippen LogP contribution in [0.15, 0.2) is 33.9 Å². The molecule has 0 spiro atoms. The van der Waals surface area contributed by atoms with Crippen LogP contribution in [-0.2, 0) is 11.2 Å². The number of alkyl carbamates (subject to hydrolysis) is 1. The number of aromatic nitrogens is 2. The predicted molar refractivity (Wildman–Crippen MR) is 79.6 cm³/mol. The Morgan fingerprint density at radius 1 is 1.32 bits per heavy atom. The fraction of sp³-hybridized carbons (Fsp3) is 0.357. The Bertz CT molecular complexity index is 709. The van der Waals surface area contributed by atoms with Crippen molar-refractivity contribution >= 4 is 17.9 Å². The maximum absolute atomic E-state index is 13.1. The third kappa shape index (κ3) is 7.42. The first-order valence-electron chi connectivity index (χ1n) is 6.99. The maximum atomic E-state index is 13.1. The maximum Gasteiger partial charge on any atom is 0.422 e. The van der Waals surface area contributed by atoms with Gasteiger partial charge in [0.25, 0.3) is 5.22 Å². The van der Waals surface area contributed by atoms with Crippen molar-refractivity contribution < 1.29 is 31.5 Å². The number of hydrogen-bond donors (Lipinski definition) is 1.